The van der Waals surface area contributed by atoms with Gasteiger partial charge in [-0.15, -0.1) is 0 Å². The van der Waals surface area contributed by atoms with Gasteiger partial charge in [-0.3, -0.25) is 14.5 Å². The Morgan fingerprint density at radius 2 is 2.15 bits per heavy atom. The van der Waals surface area contributed by atoms with Crippen molar-refractivity contribution in [3.8, 4) is 11.4 Å². The first-order chi connectivity index (χ1) is 9.83. The van der Waals surface area contributed by atoms with E-state index in [4.69, 9.17) is 0 Å². The molecule has 0 spiro atoms. The zero-order valence-electron chi connectivity index (χ0n) is 11.7. The second kappa shape index (κ2) is 5.57. The number of pyridine rings is 1. The number of carbonyl (C=O) groups excluding carboxylic acids is 1. The van der Waals surface area contributed by atoms with Crippen LogP contribution in [0.25, 0.3) is 11.4 Å². The van der Waals surface area contributed by atoms with Crippen molar-refractivity contribution in [3.05, 3.63) is 35.7 Å². The van der Waals surface area contributed by atoms with E-state index in [1.807, 2.05) is 23.0 Å². The molecule has 4 nitrogen and oxygen atoms in total. The van der Waals surface area contributed by atoms with E-state index < -0.39 is 0 Å². The van der Waals surface area contributed by atoms with Crippen LogP contribution in [-0.2, 0) is 6.42 Å². The third-order valence-corrected chi connectivity index (χ3v) is 4.08. The number of hydrogen-bond donors (Lipinski definition) is 0. The molecule has 0 saturated heterocycles. The minimum absolute atomic E-state index is 0.441. The van der Waals surface area contributed by atoms with E-state index in [2.05, 4.69) is 17.0 Å². The van der Waals surface area contributed by atoms with Gasteiger partial charge >= 0.3 is 0 Å². The zero-order valence-corrected chi connectivity index (χ0v) is 11.7. The molecule has 2 aromatic rings. The first-order valence-electron chi connectivity index (χ1n) is 7.32. The highest BCUT2D eigenvalue weighted by Crippen LogP contribution is 2.31. The first kappa shape index (κ1) is 13.0. The van der Waals surface area contributed by atoms with E-state index in [0.717, 1.165) is 42.5 Å². The van der Waals surface area contributed by atoms with Crippen molar-refractivity contribution in [2.24, 2.45) is 0 Å². The van der Waals surface area contributed by atoms with Gasteiger partial charge in [0, 0.05) is 12.4 Å². The van der Waals surface area contributed by atoms with Crippen LogP contribution in [0.15, 0.2) is 24.5 Å². The summed E-state index contributed by atoms with van der Waals surface area (Å²) in [6.45, 7) is 2.09. The van der Waals surface area contributed by atoms with Gasteiger partial charge in [0.1, 0.15) is 5.69 Å². The van der Waals surface area contributed by atoms with Gasteiger partial charge in [0.25, 0.3) is 0 Å². The maximum Gasteiger partial charge on any atom is 0.153 e. The molecule has 0 amide bonds. The van der Waals surface area contributed by atoms with Crippen LogP contribution in [0.1, 0.15) is 54.6 Å². The molecule has 3 rings (SSSR count). The smallest absolute Gasteiger partial charge is 0.153 e. The Morgan fingerprint density at radius 3 is 2.85 bits per heavy atom. The summed E-state index contributed by atoms with van der Waals surface area (Å²) >= 11 is 0. The Bertz CT molecular complexity index is 612. The third-order valence-electron chi connectivity index (χ3n) is 4.08. The molecular weight excluding hydrogens is 250 g/mol. The number of aryl methyl sites for hydroxylation is 1. The molecule has 0 unspecified atom stereocenters. The minimum atomic E-state index is 0.441. The summed E-state index contributed by atoms with van der Waals surface area (Å²) in [5.41, 5.74) is 3.34. The highest BCUT2D eigenvalue weighted by atomic mass is 16.1. The fraction of sp³-hybridized carbons (Fsp3) is 0.438. The van der Waals surface area contributed by atoms with E-state index in [-0.39, 0.29) is 0 Å². The van der Waals surface area contributed by atoms with E-state index in [1.165, 1.54) is 12.8 Å². The summed E-state index contributed by atoms with van der Waals surface area (Å²) in [7, 11) is 0. The first-order valence-corrected chi connectivity index (χ1v) is 7.32. The Kier molecular flexibility index (Phi) is 3.63. The van der Waals surface area contributed by atoms with Crippen LogP contribution in [0, 0.1) is 0 Å². The molecule has 20 heavy (non-hydrogen) atoms. The van der Waals surface area contributed by atoms with Crippen molar-refractivity contribution in [1.82, 2.24) is 14.8 Å². The number of rotatable bonds is 4. The normalized spacial score (nSPS) is 15.7. The summed E-state index contributed by atoms with van der Waals surface area (Å²) in [5, 5.41) is 4.66. The largest absolute Gasteiger partial charge is 0.298 e. The molecule has 0 aromatic carbocycles. The molecule has 0 aliphatic heterocycles. The number of nitrogens with zero attached hydrogens (tertiary/aromatic N) is 3. The van der Waals surface area contributed by atoms with Crippen molar-refractivity contribution in [1.29, 1.82) is 0 Å². The van der Waals surface area contributed by atoms with Crippen LogP contribution in [0.3, 0.4) is 0 Å². The number of hydrogen-bond acceptors (Lipinski definition) is 3. The van der Waals surface area contributed by atoms with Gasteiger partial charge in [0.15, 0.2) is 6.29 Å². The van der Waals surface area contributed by atoms with Crippen molar-refractivity contribution in [2.75, 3.05) is 0 Å². The summed E-state index contributed by atoms with van der Waals surface area (Å²) < 4.78 is 1.97. The minimum Gasteiger partial charge on any atom is -0.298 e. The van der Waals surface area contributed by atoms with E-state index >= 15 is 0 Å². The standard InChI is InChI=1S/C16H19N3O/c1-2-12-6-5-9-17-15(12)16-13(11-20)10-19(18-16)14-7-3-4-8-14/h5-6,9-11,14H,2-4,7-8H2,1H3. The Labute approximate surface area is 118 Å². The SMILES string of the molecule is CCc1cccnc1-c1nn(C2CCCC2)cc1C=O. The molecule has 1 aliphatic carbocycles. The molecule has 1 saturated carbocycles. The second-order valence-electron chi connectivity index (χ2n) is 5.33. The number of carbonyl (C=O) groups is 1. The fourth-order valence-electron chi connectivity index (χ4n) is 2.97. The van der Waals surface area contributed by atoms with Crippen LogP contribution in [0.4, 0.5) is 0 Å². The summed E-state index contributed by atoms with van der Waals surface area (Å²) in [5.74, 6) is 0. The monoisotopic (exact) mass is 269 g/mol. The van der Waals surface area contributed by atoms with Crippen molar-refractivity contribution >= 4 is 6.29 Å². The zero-order chi connectivity index (χ0) is 13.9. The Morgan fingerprint density at radius 1 is 1.35 bits per heavy atom. The van der Waals surface area contributed by atoms with E-state index in [9.17, 15) is 4.79 Å². The maximum atomic E-state index is 11.3. The van der Waals surface area contributed by atoms with Crippen LogP contribution >= 0.6 is 0 Å². The molecular formula is C16H19N3O. The van der Waals surface area contributed by atoms with Crippen molar-refractivity contribution in [2.45, 2.75) is 45.1 Å². The van der Waals surface area contributed by atoms with Gasteiger partial charge in [-0.1, -0.05) is 25.8 Å². The average Bonchev–Trinajstić information content (AvgIpc) is 3.15. The van der Waals surface area contributed by atoms with Gasteiger partial charge in [0.2, 0.25) is 0 Å². The summed E-state index contributed by atoms with van der Waals surface area (Å²) in [4.78, 5) is 15.8. The fourth-order valence-corrected chi connectivity index (χ4v) is 2.97. The lowest BCUT2D eigenvalue weighted by molar-refractivity contribution is 0.112. The quantitative estimate of drug-likeness (QED) is 0.799. The molecule has 2 heterocycles. The Balaban J connectivity index is 2.05. The molecule has 0 N–H and O–H groups in total. The molecule has 2 aromatic heterocycles. The molecule has 1 fully saturated rings. The highest BCUT2D eigenvalue weighted by Gasteiger charge is 2.21. The van der Waals surface area contributed by atoms with E-state index in [0.29, 0.717) is 11.6 Å². The van der Waals surface area contributed by atoms with Gasteiger partial charge in [0.05, 0.1) is 17.3 Å². The third kappa shape index (κ3) is 2.26. The van der Waals surface area contributed by atoms with Crippen molar-refractivity contribution in [3.63, 3.8) is 0 Å². The van der Waals surface area contributed by atoms with E-state index in [1.54, 1.807) is 6.20 Å². The molecule has 4 heteroatoms. The van der Waals surface area contributed by atoms with Crippen LogP contribution < -0.4 is 0 Å². The molecule has 0 atom stereocenters. The Hall–Kier alpha value is -1.97. The van der Waals surface area contributed by atoms with Crippen LogP contribution in [0.2, 0.25) is 0 Å². The lowest BCUT2D eigenvalue weighted by atomic mass is 10.1. The lowest BCUT2D eigenvalue weighted by Crippen LogP contribution is -2.05. The maximum absolute atomic E-state index is 11.3. The molecule has 1 aliphatic rings. The predicted octanol–water partition coefficient (Wildman–Crippen LogP) is 3.44. The van der Waals surface area contributed by atoms with Crippen LogP contribution in [-0.4, -0.2) is 21.1 Å². The molecule has 0 radical (unpaired) electrons. The topological polar surface area (TPSA) is 47.8 Å². The van der Waals surface area contributed by atoms with Crippen molar-refractivity contribution < 1.29 is 4.79 Å². The molecule has 0 bridgehead atoms. The number of aldehydes is 1. The second-order valence-corrected chi connectivity index (χ2v) is 5.33. The van der Waals surface area contributed by atoms with Gasteiger partial charge < -0.3 is 0 Å². The molecule has 104 valence electrons. The van der Waals surface area contributed by atoms with Gasteiger partial charge in [-0.05, 0) is 30.9 Å². The summed E-state index contributed by atoms with van der Waals surface area (Å²) in [6, 6.07) is 4.42. The van der Waals surface area contributed by atoms with Crippen LogP contribution in [0.5, 0.6) is 0 Å². The summed E-state index contributed by atoms with van der Waals surface area (Å²) in [6.07, 6.45) is 10.2. The average molecular weight is 269 g/mol. The van der Waals surface area contributed by atoms with Gasteiger partial charge in [-0.25, -0.2) is 0 Å². The number of aromatic nitrogens is 3. The lowest BCUT2D eigenvalue weighted by Gasteiger charge is -2.09. The van der Waals surface area contributed by atoms with Gasteiger partial charge in [-0.2, -0.15) is 5.10 Å². The highest BCUT2D eigenvalue weighted by molar-refractivity contribution is 5.85. The predicted molar refractivity (Wildman–Crippen MR) is 77.7 cm³/mol.